The molecule has 1 amide bonds. The van der Waals surface area contributed by atoms with Crippen LogP contribution in [-0.2, 0) is 4.79 Å². The third kappa shape index (κ3) is 6.42. The first-order chi connectivity index (χ1) is 7.78. The minimum atomic E-state index is -4.35. The molecule has 4 nitrogen and oxygen atoms in total. The van der Waals surface area contributed by atoms with E-state index >= 15 is 0 Å². The molecule has 108 valence electrons. The monoisotopic (exact) mass is 289 g/mol. The number of nitrogens with one attached hydrogen (secondary N) is 1. The van der Waals surface area contributed by atoms with Gasteiger partial charge in [0, 0.05) is 19.1 Å². The lowest BCUT2D eigenvalue weighted by atomic mass is 9.95. The molecule has 0 aromatic carbocycles. The molecule has 2 unspecified atom stereocenters. The highest BCUT2D eigenvalue weighted by molar-refractivity contribution is 5.85. The van der Waals surface area contributed by atoms with Gasteiger partial charge < -0.3 is 11.1 Å². The van der Waals surface area contributed by atoms with Gasteiger partial charge in [0.15, 0.2) is 0 Å². The van der Waals surface area contributed by atoms with Crippen LogP contribution in [-0.4, -0.2) is 49.2 Å². The summed E-state index contributed by atoms with van der Waals surface area (Å²) in [6, 6.07) is 0.115. The van der Waals surface area contributed by atoms with Crippen molar-refractivity contribution in [2.75, 3.05) is 26.2 Å². The van der Waals surface area contributed by atoms with E-state index in [0.29, 0.717) is 13.1 Å². The molecular formula is C10H19ClF3N3O. The Morgan fingerprint density at radius 2 is 2.11 bits per heavy atom. The molecule has 1 aliphatic heterocycles. The Hall–Kier alpha value is -0.530. The van der Waals surface area contributed by atoms with Gasteiger partial charge in [-0.05, 0) is 12.3 Å². The molecule has 1 rings (SSSR count). The van der Waals surface area contributed by atoms with E-state index in [4.69, 9.17) is 5.73 Å². The van der Waals surface area contributed by atoms with Crippen molar-refractivity contribution in [1.29, 1.82) is 0 Å². The summed E-state index contributed by atoms with van der Waals surface area (Å²) in [6.45, 7) is 2.03. The third-order valence-electron chi connectivity index (χ3n) is 2.91. The van der Waals surface area contributed by atoms with Gasteiger partial charge in [0.25, 0.3) is 0 Å². The number of likely N-dealkylation sites (tertiary alicyclic amines) is 1. The van der Waals surface area contributed by atoms with E-state index in [1.54, 1.807) is 0 Å². The minimum absolute atomic E-state index is 0. The molecule has 0 aromatic rings. The summed E-state index contributed by atoms with van der Waals surface area (Å²) in [4.78, 5) is 13.1. The Morgan fingerprint density at radius 1 is 1.50 bits per heavy atom. The van der Waals surface area contributed by atoms with Crippen molar-refractivity contribution in [3.63, 3.8) is 0 Å². The number of hydrogen-bond acceptors (Lipinski definition) is 3. The van der Waals surface area contributed by atoms with Crippen molar-refractivity contribution in [3.8, 4) is 0 Å². The second-order valence-electron chi connectivity index (χ2n) is 4.56. The number of nitrogens with two attached hydrogens (primary N) is 1. The van der Waals surface area contributed by atoms with Crippen molar-refractivity contribution < 1.29 is 18.0 Å². The van der Waals surface area contributed by atoms with Crippen LogP contribution < -0.4 is 11.1 Å². The highest BCUT2D eigenvalue weighted by Gasteiger charge is 2.29. The molecule has 1 aliphatic rings. The lowest BCUT2D eigenvalue weighted by Crippen LogP contribution is -2.49. The molecule has 0 aromatic heterocycles. The standard InChI is InChI=1S/C10H18F3N3O.ClH/c1-7-4-16(3-2-8(7)14)5-9(17)15-6-10(11,12)13;/h7-8H,2-6,14H2,1H3,(H,15,17);1H. The Balaban J connectivity index is 0.00000289. The Morgan fingerprint density at radius 3 is 2.61 bits per heavy atom. The first-order valence-corrected chi connectivity index (χ1v) is 5.59. The van der Waals surface area contributed by atoms with Crippen LogP contribution in [0.4, 0.5) is 13.2 Å². The predicted octanol–water partition coefficient (Wildman–Crippen LogP) is 0.756. The third-order valence-corrected chi connectivity index (χ3v) is 2.91. The summed E-state index contributed by atoms with van der Waals surface area (Å²) in [5.74, 6) is -0.329. The van der Waals surface area contributed by atoms with E-state index in [9.17, 15) is 18.0 Å². The largest absolute Gasteiger partial charge is 0.405 e. The molecule has 0 saturated carbocycles. The van der Waals surface area contributed by atoms with Crippen LogP contribution in [0.25, 0.3) is 0 Å². The first-order valence-electron chi connectivity index (χ1n) is 5.59. The second-order valence-corrected chi connectivity index (χ2v) is 4.56. The maximum absolute atomic E-state index is 11.9. The maximum atomic E-state index is 11.9. The van der Waals surface area contributed by atoms with Crippen molar-refractivity contribution >= 4 is 18.3 Å². The number of rotatable bonds is 3. The molecule has 0 spiro atoms. The number of hydrogen-bond donors (Lipinski definition) is 2. The van der Waals surface area contributed by atoms with Crippen molar-refractivity contribution in [1.82, 2.24) is 10.2 Å². The quantitative estimate of drug-likeness (QED) is 0.806. The molecule has 3 N–H and O–H groups in total. The van der Waals surface area contributed by atoms with E-state index in [-0.39, 0.29) is 30.9 Å². The normalized spacial score (nSPS) is 25.4. The van der Waals surface area contributed by atoms with Crippen LogP contribution >= 0.6 is 12.4 Å². The van der Waals surface area contributed by atoms with Crippen LogP contribution in [0.1, 0.15) is 13.3 Å². The predicted molar refractivity (Wildman–Crippen MR) is 64.5 cm³/mol. The molecule has 18 heavy (non-hydrogen) atoms. The average Bonchev–Trinajstić information content (AvgIpc) is 2.20. The Bertz CT molecular complexity index is 276. The topological polar surface area (TPSA) is 58.4 Å². The van der Waals surface area contributed by atoms with Gasteiger partial charge in [-0.2, -0.15) is 13.2 Å². The highest BCUT2D eigenvalue weighted by Crippen LogP contribution is 2.15. The summed E-state index contributed by atoms with van der Waals surface area (Å²) in [7, 11) is 0. The lowest BCUT2D eigenvalue weighted by molar-refractivity contribution is -0.139. The van der Waals surface area contributed by atoms with Gasteiger partial charge in [0.2, 0.25) is 5.91 Å². The zero-order valence-corrected chi connectivity index (χ0v) is 11.0. The number of carbonyl (C=O) groups excluding carboxylic acids is 1. The number of halogens is 4. The van der Waals surface area contributed by atoms with Gasteiger partial charge in [-0.3, -0.25) is 9.69 Å². The fraction of sp³-hybridized carbons (Fsp3) is 0.900. The Kier molecular flexibility index (Phi) is 6.94. The van der Waals surface area contributed by atoms with Crippen LogP contribution in [0.15, 0.2) is 0 Å². The number of nitrogens with zero attached hydrogens (tertiary/aromatic N) is 1. The molecule has 1 fully saturated rings. The van der Waals surface area contributed by atoms with Crippen molar-refractivity contribution in [3.05, 3.63) is 0 Å². The van der Waals surface area contributed by atoms with Crippen LogP contribution in [0.2, 0.25) is 0 Å². The van der Waals surface area contributed by atoms with Crippen LogP contribution in [0.5, 0.6) is 0 Å². The summed E-state index contributed by atoms with van der Waals surface area (Å²) in [5.41, 5.74) is 5.81. The van der Waals surface area contributed by atoms with E-state index in [1.165, 1.54) is 0 Å². The minimum Gasteiger partial charge on any atom is -0.346 e. The molecule has 2 atom stereocenters. The zero-order chi connectivity index (χ0) is 13.1. The van der Waals surface area contributed by atoms with Gasteiger partial charge in [-0.15, -0.1) is 12.4 Å². The van der Waals surface area contributed by atoms with E-state index in [0.717, 1.165) is 6.42 Å². The van der Waals surface area contributed by atoms with Gasteiger partial charge >= 0.3 is 6.18 Å². The SMILES string of the molecule is CC1CN(CC(=O)NCC(F)(F)F)CCC1N.Cl. The molecule has 0 radical (unpaired) electrons. The molecule has 0 bridgehead atoms. The van der Waals surface area contributed by atoms with Crippen LogP contribution in [0, 0.1) is 5.92 Å². The van der Waals surface area contributed by atoms with Gasteiger partial charge in [-0.25, -0.2) is 0 Å². The number of amides is 1. The van der Waals surface area contributed by atoms with E-state index < -0.39 is 18.6 Å². The smallest absolute Gasteiger partial charge is 0.346 e. The molecule has 1 heterocycles. The van der Waals surface area contributed by atoms with E-state index in [2.05, 4.69) is 0 Å². The molecule has 1 saturated heterocycles. The highest BCUT2D eigenvalue weighted by atomic mass is 35.5. The average molecular weight is 290 g/mol. The Labute approximate surface area is 110 Å². The maximum Gasteiger partial charge on any atom is 0.405 e. The lowest BCUT2D eigenvalue weighted by Gasteiger charge is -2.34. The zero-order valence-electron chi connectivity index (χ0n) is 10.2. The fourth-order valence-corrected chi connectivity index (χ4v) is 1.85. The van der Waals surface area contributed by atoms with E-state index in [1.807, 2.05) is 17.1 Å². The van der Waals surface area contributed by atoms with Gasteiger partial charge in [0.05, 0.1) is 6.54 Å². The molecule has 8 heteroatoms. The van der Waals surface area contributed by atoms with Crippen molar-refractivity contribution in [2.24, 2.45) is 11.7 Å². The second kappa shape index (κ2) is 7.16. The number of carbonyl (C=O) groups is 1. The van der Waals surface area contributed by atoms with Crippen molar-refractivity contribution in [2.45, 2.75) is 25.6 Å². The summed E-state index contributed by atoms with van der Waals surface area (Å²) in [5, 5.41) is 1.86. The molecular weight excluding hydrogens is 271 g/mol. The molecule has 0 aliphatic carbocycles. The summed E-state index contributed by atoms with van der Waals surface area (Å²) < 4.78 is 35.6. The summed E-state index contributed by atoms with van der Waals surface area (Å²) >= 11 is 0. The number of alkyl halides is 3. The van der Waals surface area contributed by atoms with Gasteiger partial charge in [-0.1, -0.05) is 6.92 Å². The van der Waals surface area contributed by atoms with Crippen LogP contribution in [0.3, 0.4) is 0 Å². The first kappa shape index (κ1) is 17.5. The fourth-order valence-electron chi connectivity index (χ4n) is 1.85. The summed E-state index contributed by atoms with van der Waals surface area (Å²) in [6.07, 6.45) is -3.58. The van der Waals surface area contributed by atoms with Gasteiger partial charge in [0.1, 0.15) is 6.54 Å². The number of piperidine rings is 1.